The monoisotopic (exact) mass is 437 g/mol. The number of nitrogens with zero attached hydrogens (tertiary/aromatic N) is 1. The SMILES string of the molecule is O=C(Nc1ccccc1C1CCCC2(CCCNC2)C1)c1csc(-c2cccs2)n1. The quantitative estimate of drug-likeness (QED) is 0.514. The molecule has 30 heavy (non-hydrogen) atoms. The molecule has 1 saturated heterocycles. The third-order valence-electron chi connectivity index (χ3n) is 6.62. The molecule has 3 heterocycles. The number of benzene rings is 1. The largest absolute Gasteiger partial charge is 0.320 e. The second-order valence-corrected chi connectivity index (χ2v) is 10.4. The summed E-state index contributed by atoms with van der Waals surface area (Å²) in [5.74, 6) is 0.388. The Bertz CT molecular complexity index is 1000. The van der Waals surface area contributed by atoms with Crippen LogP contribution in [-0.2, 0) is 0 Å². The second kappa shape index (κ2) is 8.61. The van der Waals surface area contributed by atoms with Crippen molar-refractivity contribution in [1.29, 1.82) is 0 Å². The summed E-state index contributed by atoms with van der Waals surface area (Å²) < 4.78 is 0. The lowest BCUT2D eigenvalue weighted by Gasteiger charge is -2.44. The molecular formula is C24H27N3OS2. The fourth-order valence-corrected chi connectivity index (χ4v) is 6.79. The fourth-order valence-electron chi connectivity index (χ4n) is 5.18. The number of hydrogen-bond acceptors (Lipinski definition) is 5. The van der Waals surface area contributed by atoms with Crippen LogP contribution in [-0.4, -0.2) is 24.0 Å². The van der Waals surface area contributed by atoms with Crippen LogP contribution in [0.15, 0.2) is 47.2 Å². The van der Waals surface area contributed by atoms with Crippen LogP contribution in [0.25, 0.3) is 9.88 Å². The van der Waals surface area contributed by atoms with Crippen molar-refractivity contribution in [3.8, 4) is 9.88 Å². The van der Waals surface area contributed by atoms with Gasteiger partial charge in [0.05, 0.1) is 4.88 Å². The number of piperidine rings is 1. The van der Waals surface area contributed by atoms with Crippen molar-refractivity contribution in [1.82, 2.24) is 10.3 Å². The molecule has 4 nitrogen and oxygen atoms in total. The minimum absolute atomic E-state index is 0.119. The van der Waals surface area contributed by atoms with Gasteiger partial charge < -0.3 is 10.6 Å². The maximum absolute atomic E-state index is 13.0. The van der Waals surface area contributed by atoms with Crippen LogP contribution in [0.4, 0.5) is 5.69 Å². The summed E-state index contributed by atoms with van der Waals surface area (Å²) in [7, 11) is 0. The molecule has 1 saturated carbocycles. The molecule has 156 valence electrons. The zero-order valence-corrected chi connectivity index (χ0v) is 18.7. The Balaban J connectivity index is 1.34. The summed E-state index contributed by atoms with van der Waals surface area (Å²) in [5.41, 5.74) is 3.15. The van der Waals surface area contributed by atoms with Crippen molar-refractivity contribution in [2.45, 2.75) is 44.4 Å². The van der Waals surface area contributed by atoms with Crippen LogP contribution in [0.3, 0.4) is 0 Å². The maximum atomic E-state index is 13.0. The van der Waals surface area contributed by atoms with Gasteiger partial charge in [-0.1, -0.05) is 30.7 Å². The number of thiophene rings is 1. The van der Waals surface area contributed by atoms with Crippen LogP contribution in [0.2, 0.25) is 0 Å². The second-order valence-electron chi connectivity index (χ2n) is 8.63. The Labute approximate surface area is 185 Å². The third kappa shape index (κ3) is 4.09. The van der Waals surface area contributed by atoms with Gasteiger partial charge in [-0.25, -0.2) is 4.98 Å². The zero-order chi connectivity index (χ0) is 20.4. The highest BCUT2D eigenvalue weighted by molar-refractivity contribution is 7.20. The Kier molecular flexibility index (Phi) is 5.72. The first-order valence-corrected chi connectivity index (χ1v) is 12.6. The van der Waals surface area contributed by atoms with Crippen molar-refractivity contribution in [2.75, 3.05) is 18.4 Å². The van der Waals surface area contributed by atoms with Crippen LogP contribution in [0.1, 0.15) is 60.5 Å². The van der Waals surface area contributed by atoms with Gasteiger partial charge in [0, 0.05) is 17.6 Å². The number of rotatable bonds is 4. The average molecular weight is 438 g/mol. The van der Waals surface area contributed by atoms with Crippen molar-refractivity contribution < 1.29 is 4.79 Å². The zero-order valence-electron chi connectivity index (χ0n) is 17.0. The molecule has 1 aliphatic carbocycles. The first-order valence-electron chi connectivity index (χ1n) is 10.8. The molecule has 1 amide bonds. The van der Waals surface area contributed by atoms with E-state index in [1.807, 2.05) is 35.0 Å². The Morgan fingerprint density at radius 2 is 2.03 bits per heavy atom. The number of amides is 1. The van der Waals surface area contributed by atoms with Gasteiger partial charge in [-0.05, 0) is 73.1 Å². The molecule has 5 rings (SSSR count). The lowest BCUT2D eigenvalue weighted by Crippen LogP contribution is -2.42. The standard InChI is InChI=1S/C24H27N3OS2/c28-22(20-15-30-23(27-20)21-9-4-13-29-21)26-19-8-2-1-7-18(19)17-6-3-10-24(14-17)11-5-12-25-16-24/h1-2,4,7-9,13,15,17,25H,3,5-6,10-12,14,16H2,(H,26,28). The van der Waals surface area contributed by atoms with Crippen molar-refractivity contribution in [3.63, 3.8) is 0 Å². The minimum Gasteiger partial charge on any atom is -0.320 e. The highest BCUT2D eigenvalue weighted by Crippen LogP contribution is 2.48. The number of carbonyl (C=O) groups excluding carboxylic acids is 1. The van der Waals surface area contributed by atoms with Gasteiger partial charge in [0.2, 0.25) is 0 Å². The lowest BCUT2D eigenvalue weighted by molar-refractivity contribution is 0.102. The van der Waals surface area contributed by atoms with Crippen molar-refractivity contribution in [3.05, 3.63) is 58.4 Å². The summed E-state index contributed by atoms with van der Waals surface area (Å²) in [6, 6.07) is 12.4. The molecule has 2 fully saturated rings. The van der Waals surface area contributed by atoms with Crippen LogP contribution >= 0.6 is 22.7 Å². The summed E-state index contributed by atoms with van der Waals surface area (Å²) in [6.07, 6.45) is 7.62. The van der Waals surface area contributed by atoms with E-state index in [9.17, 15) is 4.79 Å². The van der Waals surface area contributed by atoms with E-state index in [0.29, 0.717) is 17.0 Å². The number of nitrogens with one attached hydrogen (secondary N) is 2. The van der Waals surface area contributed by atoms with Gasteiger partial charge in [-0.15, -0.1) is 22.7 Å². The average Bonchev–Trinajstić information content (AvgIpc) is 3.47. The predicted molar refractivity (Wildman–Crippen MR) is 126 cm³/mol. The topological polar surface area (TPSA) is 54.0 Å². The Morgan fingerprint density at radius 1 is 1.13 bits per heavy atom. The molecule has 1 aromatic carbocycles. The highest BCUT2D eigenvalue weighted by Gasteiger charge is 2.38. The normalized spacial score (nSPS) is 24.1. The first kappa shape index (κ1) is 19.9. The third-order valence-corrected chi connectivity index (χ3v) is 8.50. The van der Waals surface area contributed by atoms with E-state index in [1.54, 1.807) is 11.3 Å². The number of anilines is 1. The van der Waals surface area contributed by atoms with Gasteiger partial charge in [-0.2, -0.15) is 0 Å². The lowest BCUT2D eigenvalue weighted by atomic mass is 9.64. The highest BCUT2D eigenvalue weighted by atomic mass is 32.1. The molecule has 2 N–H and O–H groups in total. The van der Waals surface area contributed by atoms with Gasteiger partial charge >= 0.3 is 0 Å². The fraction of sp³-hybridized carbons (Fsp3) is 0.417. The van der Waals surface area contributed by atoms with E-state index >= 15 is 0 Å². The van der Waals surface area contributed by atoms with E-state index in [4.69, 9.17) is 0 Å². The molecule has 6 heteroatoms. The van der Waals surface area contributed by atoms with Crippen molar-refractivity contribution in [2.24, 2.45) is 5.41 Å². The summed E-state index contributed by atoms with van der Waals surface area (Å²) in [5, 5.41) is 11.6. The molecule has 2 atom stereocenters. The van der Waals surface area contributed by atoms with Crippen LogP contribution in [0.5, 0.6) is 0 Å². The Morgan fingerprint density at radius 3 is 2.87 bits per heavy atom. The van der Waals surface area contributed by atoms with Crippen molar-refractivity contribution >= 4 is 34.3 Å². The molecule has 1 aliphatic heterocycles. The predicted octanol–water partition coefficient (Wildman–Crippen LogP) is 6.15. The molecule has 2 unspecified atom stereocenters. The number of hydrogen-bond donors (Lipinski definition) is 2. The Hall–Kier alpha value is -2.02. The van der Waals surface area contributed by atoms with Gasteiger partial charge in [-0.3, -0.25) is 4.79 Å². The summed E-state index contributed by atoms with van der Waals surface area (Å²) >= 11 is 3.17. The van der Waals surface area contributed by atoms with Gasteiger partial charge in [0.25, 0.3) is 5.91 Å². The smallest absolute Gasteiger partial charge is 0.275 e. The number of carbonyl (C=O) groups is 1. The number of para-hydroxylation sites is 1. The molecule has 2 aromatic heterocycles. The molecular weight excluding hydrogens is 410 g/mol. The minimum atomic E-state index is -0.119. The number of aromatic nitrogens is 1. The van der Waals surface area contributed by atoms with E-state index in [0.717, 1.165) is 28.7 Å². The maximum Gasteiger partial charge on any atom is 0.275 e. The van der Waals surface area contributed by atoms with Crippen LogP contribution < -0.4 is 10.6 Å². The molecule has 0 radical (unpaired) electrons. The van der Waals surface area contributed by atoms with E-state index < -0.39 is 0 Å². The van der Waals surface area contributed by atoms with Crippen LogP contribution in [0, 0.1) is 5.41 Å². The van der Waals surface area contributed by atoms with E-state index in [-0.39, 0.29) is 5.91 Å². The van der Waals surface area contributed by atoms with Gasteiger partial charge in [0.15, 0.2) is 0 Å². The summed E-state index contributed by atoms with van der Waals surface area (Å²) in [6.45, 7) is 2.29. The number of thiazole rings is 1. The first-order chi connectivity index (χ1) is 14.7. The van der Waals surface area contributed by atoms with Gasteiger partial charge in [0.1, 0.15) is 10.7 Å². The summed E-state index contributed by atoms with van der Waals surface area (Å²) in [4.78, 5) is 18.6. The molecule has 2 aliphatic rings. The molecule has 0 bridgehead atoms. The van der Waals surface area contributed by atoms with E-state index in [1.165, 1.54) is 55.4 Å². The molecule has 3 aromatic rings. The van der Waals surface area contributed by atoms with E-state index in [2.05, 4.69) is 27.8 Å². The molecule has 1 spiro atoms.